The second-order valence-corrected chi connectivity index (χ2v) is 13.1. The summed E-state index contributed by atoms with van der Waals surface area (Å²) < 4.78 is 14.6. The molecular weight excluding hydrogens is 522 g/mol. The molecule has 0 saturated carbocycles. The quantitative estimate of drug-likeness (QED) is 0.204. The minimum Gasteiger partial charge on any atom is -0.341 e. The molecule has 5 heteroatoms. The van der Waals surface area contributed by atoms with Crippen molar-refractivity contribution in [2.45, 2.75) is 57.3 Å². The van der Waals surface area contributed by atoms with Crippen molar-refractivity contribution >= 4 is 44.9 Å². The van der Waals surface area contributed by atoms with Crippen molar-refractivity contribution in [3.63, 3.8) is 0 Å². The highest BCUT2D eigenvalue weighted by molar-refractivity contribution is 7.85. The molecule has 3 aliphatic heterocycles. The predicted octanol–water partition coefficient (Wildman–Crippen LogP) is 8.72. The fourth-order valence-electron chi connectivity index (χ4n) is 7.59. The van der Waals surface area contributed by atoms with E-state index in [0.717, 1.165) is 43.8 Å². The van der Waals surface area contributed by atoms with Gasteiger partial charge in [-0.15, -0.1) is 0 Å². The SMILES string of the molecule is CCCN1c2cccc3c2C2(CS(=O)c4ccc(C)cc4)c4c1cccc4N(CCC)c1cccc(c12)N3CCC. The molecule has 0 saturated heterocycles. The Hall–Kier alpha value is -3.57. The molecule has 210 valence electrons. The van der Waals surface area contributed by atoms with E-state index in [2.05, 4.69) is 121 Å². The van der Waals surface area contributed by atoms with Gasteiger partial charge < -0.3 is 14.7 Å². The third-order valence-corrected chi connectivity index (χ3v) is 10.6. The summed E-state index contributed by atoms with van der Waals surface area (Å²) in [7, 11) is -1.21. The van der Waals surface area contributed by atoms with E-state index in [1.54, 1.807) is 0 Å². The third kappa shape index (κ3) is 3.67. The lowest BCUT2D eigenvalue weighted by molar-refractivity contribution is 0.622. The Kier molecular flexibility index (Phi) is 6.46. The Morgan fingerprint density at radius 2 is 0.902 bits per heavy atom. The molecule has 4 aromatic rings. The zero-order valence-electron chi connectivity index (χ0n) is 24.6. The molecule has 1 unspecified atom stereocenters. The standard InChI is InChI=1S/C36H39N3OS/c1-5-21-37-27-11-8-13-29-33(27)36(24-41(40)26-19-17-25(4)18-20-26)34-28(37)12-9-14-30(34)39(23-7-3)32-16-10-15-31(35(32)36)38(29)22-6-2/h8-20H,5-7,21-24H2,1-4H3. The lowest BCUT2D eigenvalue weighted by atomic mass is 9.61. The van der Waals surface area contributed by atoms with Crippen LogP contribution in [0.25, 0.3) is 0 Å². The molecule has 0 aromatic heterocycles. The van der Waals surface area contributed by atoms with Gasteiger partial charge in [0.15, 0.2) is 0 Å². The second-order valence-electron chi connectivity index (χ2n) is 11.7. The smallest absolute Gasteiger partial charge is 0.0693 e. The zero-order chi connectivity index (χ0) is 28.3. The van der Waals surface area contributed by atoms with Crippen LogP contribution in [-0.4, -0.2) is 29.6 Å². The van der Waals surface area contributed by atoms with Gasteiger partial charge in [0, 0.05) is 81.1 Å². The van der Waals surface area contributed by atoms with Crippen molar-refractivity contribution in [3.8, 4) is 0 Å². The molecule has 1 atom stereocenters. The average Bonchev–Trinajstić information content (AvgIpc) is 2.99. The van der Waals surface area contributed by atoms with E-state index in [-0.39, 0.29) is 0 Å². The van der Waals surface area contributed by atoms with Crippen LogP contribution in [0.4, 0.5) is 34.1 Å². The van der Waals surface area contributed by atoms with Gasteiger partial charge in [0.2, 0.25) is 0 Å². The molecule has 7 rings (SSSR count). The van der Waals surface area contributed by atoms with Crippen LogP contribution in [0, 0.1) is 6.92 Å². The Labute approximate surface area is 247 Å². The first kappa shape index (κ1) is 26.3. The van der Waals surface area contributed by atoms with Crippen molar-refractivity contribution in [1.82, 2.24) is 0 Å². The largest absolute Gasteiger partial charge is 0.341 e. The lowest BCUT2D eigenvalue weighted by Gasteiger charge is -2.56. The van der Waals surface area contributed by atoms with Gasteiger partial charge in [-0.1, -0.05) is 56.7 Å². The van der Waals surface area contributed by atoms with E-state index in [0.29, 0.717) is 5.75 Å². The first-order valence-corrected chi connectivity index (χ1v) is 16.5. The van der Waals surface area contributed by atoms with Crippen molar-refractivity contribution in [2.75, 3.05) is 40.1 Å². The van der Waals surface area contributed by atoms with Crippen LogP contribution in [0.2, 0.25) is 0 Å². The number of nitrogens with zero attached hydrogens (tertiary/aromatic N) is 3. The molecule has 4 nitrogen and oxygen atoms in total. The van der Waals surface area contributed by atoms with Crippen molar-refractivity contribution in [1.29, 1.82) is 0 Å². The summed E-state index contributed by atoms with van der Waals surface area (Å²) >= 11 is 0. The number of hydrogen-bond donors (Lipinski definition) is 0. The second kappa shape index (κ2) is 10.1. The normalized spacial score (nSPS) is 16.0. The molecule has 0 aliphatic carbocycles. The molecule has 0 spiro atoms. The van der Waals surface area contributed by atoms with Gasteiger partial charge in [0.1, 0.15) is 0 Å². The van der Waals surface area contributed by atoms with E-state index < -0.39 is 16.2 Å². The van der Waals surface area contributed by atoms with Gasteiger partial charge in [0.25, 0.3) is 0 Å². The fraction of sp³-hybridized carbons (Fsp3) is 0.333. The highest BCUT2D eigenvalue weighted by Crippen LogP contribution is 2.67. The van der Waals surface area contributed by atoms with Crippen LogP contribution in [0.15, 0.2) is 83.8 Å². The Morgan fingerprint density at radius 3 is 1.22 bits per heavy atom. The molecule has 4 aromatic carbocycles. The first-order valence-electron chi connectivity index (χ1n) is 15.2. The summed E-state index contributed by atoms with van der Waals surface area (Å²) in [6.45, 7) is 11.7. The highest BCUT2D eigenvalue weighted by atomic mass is 32.2. The first-order chi connectivity index (χ1) is 20.0. The average molecular weight is 562 g/mol. The Morgan fingerprint density at radius 1 is 0.561 bits per heavy atom. The third-order valence-electron chi connectivity index (χ3n) is 9.06. The predicted molar refractivity (Wildman–Crippen MR) is 174 cm³/mol. The summed E-state index contributed by atoms with van der Waals surface area (Å²) in [5.74, 6) is 0.522. The summed E-state index contributed by atoms with van der Waals surface area (Å²) in [5.41, 5.74) is 12.3. The summed E-state index contributed by atoms with van der Waals surface area (Å²) in [6.07, 6.45) is 3.15. The molecule has 3 heterocycles. The molecular formula is C36H39N3OS. The molecule has 0 radical (unpaired) electrons. The van der Waals surface area contributed by atoms with Gasteiger partial charge in [-0.05, 0) is 74.7 Å². The van der Waals surface area contributed by atoms with E-state index in [9.17, 15) is 4.21 Å². The fourth-order valence-corrected chi connectivity index (χ4v) is 9.02. The van der Waals surface area contributed by atoms with Crippen molar-refractivity contribution in [2.24, 2.45) is 0 Å². The van der Waals surface area contributed by atoms with E-state index in [4.69, 9.17) is 0 Å². The zero-order valence-corrected chi connectivity index (χ0v) is 25.4. The molecule has 3 aliphatic rings. The van der Waals surface area contributed by atoms with Gasteiger partial charge in [-0.25, -0.2) is 0 Å². The van der Waals surface area contributed by atoms with E-state index in [1.165, 1.54) is 56.4 Å². The van der Waals surface area contributed by atoms with Crippen molar-refractivity contribution < 1.29 is 4.21 Å². The van der Waals surface area contributed by atoms with E-state index in [1.807, 2.05) is 0 Å². The number of anilines is 6. The van der Waals surface area contributed by atoms with Gasteiger partial charge in [0.05, 0.1) is 16.2 Å². The van der Waals surface area contributed by atoms with Crippen LogP contribution in [0.5, 0.6) is 0 Å². The highest BCUT2D eigenvalue weighted by Gasteiger charge is 2.56. The minimum atomic E-state index is -1.21. The lowest BCUT2D eigenvalue weighted by Crippen LogP contribution is -2.50. The van der Waals surface area contributed by atoms with Crippen LogP contribution >= 0.6 is 0 Å². The molecule has 41 heavy (non-hydrogen) atoms. The maximum atomic E-state index is 14.6. The van der Waals surface area contributed by atoms with Crippen LogP contribution < -0.4 is 14.7 Å². The Bertz CT molecular complexity index is 1440. The number of rotatable bonds is 9. The molecule has 0 amide bonds. The minimum absolute atomic E-state index is 0.516. The molecule has 0 bridgehead atoms. The summed E-state index contributed by atoms with van der Waals surface area (Å²) in [5, 5.41) is 0. The Balaban J connectivity index is 1.61. The number of benzene rings is 4. The maximum absolute atomic E-state index is 14.6. The monoisotopic (exact) mass is 561 g/mol. The van der Waals surface area contributed by atoms with E-state index >= 15 is 0 Å². The van der Waals surface area contributed by atoms with Crippen LogP contribution in [0.1, 0.15) is 62.3 Å². The van der Waals surface area contributed by atoms with Crippen molar-refractivity contribution in [3.05, 3.63) is 101 Å². The summed E-state index contributed by atoms with van der Waals surface area (Å²) in [4.78, 5) is 8.52. The molecule has 0 N–H and O–H groups in total. The number of hydrogen-bond acceptors (Lipinski definition) is 4. The summed E-state index contributed by atoms with van der Waals surface area (Å²) in [6, 6.07) is 28.8. The topological polar surface area (TPSA) is 26.8 Å². The maximum Gasteiger partial charge on any atom is 0.0693 e. The molecule has 0 fully saturated rings. The van der Waals surface area contributed by atoms with Gasteiger partial charge in [-0.2, -0.15) is 0 Å². The van der Waals surface area contributed by atoms with Crippen LogP contribution in [0.3, 0.4) is 0 Å². The number of aryl methyl sites for hydroxylation is 1. The van der Waals surface area contributed by atoms with Gasteiger partial charge in [-0.3, -0.25) is 4.21 Å². The van der Waals surface area contributed by atoms with Crippen LogP contribution in [-0.2, 0) is 16.2 Å². The van der Waals surface area contributed by atoms with Gasteiger partial charge >= 0.3 is 0 Å².